The average molecular weight is 341 g/mol. The standard InChI is InChI=1S/C14H24N6O4/c15-6-2-1-4-9(16)12-18-11(24-19-12)8-17-14(23)20-7-3-5-10(20)13(21)22/h9-10H,1-8,15-16H2,(H,17,23)(H,21,22)/p+1/t9-,10?/m0/s1. The van der Waals surface area contributed by atoms with E-state index in [-0.39, 0.29) is 18.5 Å². The van der Waals surface area contributed by atoms with E-state index in [2.05, 4.69) is 15.5 Å². The van der Waals surface area contributed by atoms with Crippen LogP contribution < -0.4 is 16.8 Å². The maximum Gasteiger partial charge on any atom is 0.538 e. The first kappa shape index (κ1) is 18.1. The first-order valence-corrected chi connectivity index (χ1v) is 8.11. The van der Waals surface area contributed by atoms with E-state index in [0.717, 1.165) is 12.8 Å². The van der Waals surface area contributed by atoms with Crippen molar-refractivity contribution in [3.63, 3.8) is 0 Å². The lowest BCUT2D eigenvalue weighted by Crippen LogP contribution is -2.45. The van der Waals surface area contributed by atoms with Crippen LogP contribution in [0, 0.1) is 0 Å². The van der Waals surface area contributed by atoms with Crippen LogP contribution in [0.3, 0.4) is 0 Å². The van der Waals surface area contributed by atoms with Gasteiger partial charge in [0.15, 0.2) is 11.9 Å². The average Bonchev–Trinajstić information content (AvgIpc) is 3.22. The number of urea groups is 1. The summed E-state index contributed by atoms with van der Waals surface area (Å²) < 4.78 is 5.08. The second-order valence-electron chi connectivity index (χ2n) is 5.81. The lowest BCUT2D eigenvalue weighted by molar-refractivity contribution is -0.141. The second-order valence-corrected chi connectivity index (χ2v) is 5.81. The fourth-order valence-corrected chi connectivity index (χ4v) is 2.66. The number of aromatic nitrogens is 2. The van der Waals surface area contributed by atoms with Gasteiger partial charge in [0.05, 0.1) is 12.6 Å². The number of nitrogens with two attached hydrogens (primary N) is 2. The van der Waals surface area contributed by atoms with Crippen LogP contribution in [0.25, 0.3) is 0 Å². The summed E-state index contributed by atoms with van der Waals surface area (Å²) in [5.41, 5.74) is 11.4. The largest absolute Gasteiger partial charge is 0.563 e. The Kier molecular flexibility index (Phi) is 6.50. The third-order valence-electron chi connectivity index (χ3n) is 3.99. The van der Waals surface area contributed by atoms with E-state index in [4.69, 9.17) is 21.1 Å². The van der Waals surface area contributed by atoms with Crippen LogP contribution in [0.5, 0.6) is 0 Å². The molecule has 1 unspecified atom stereocenters. The number of hydrogen-bond donors (Lipinski definition) is 3. The van der Waals surface area contributed by atoms with Crippen LogP contribution in [0.4, 0.5) is 4.79 Å². The van der Waals surface area contributed by atoms with Crippen LogP contribution >= 0.6 is 0 Å². The van der Waals surface area contributed by atoms with Gasteiger partial charge in [0.2, 0.25) is 5.89 Å². The molecule has 1 fully saturated rings. The van der Waals surface area contributed by atoms with Crippen LogP contribution in [0.1, 0.15) is 49.9 Å². The third kappa shape index (κ3) is 4.65. The van der Waals surface area contributed by atoms with E-state index in [1.807, 2.05) is 0 Å². The van der Waals surface area contributed by atoms with Gasteiger partial charge in [-0.05, 0) is 32.2 Å². The SMILES string of the molecule is NCCCC[C@H](N)c1noc(CNC(=O)N2CCCC2C(=O)[OH2+])n1. The minimum absolute atomic E-state index is 0.0523. The number of hydrogen-bond acceptors (Lipinski definition) is 7. The molecular formula is C14H25N6O4+. The number of nitrogens with zero attached hydrogens (tertiary/aromatic N) is 3. The summed E-state index contributed by atoms with van der Waals surface area (Å²) in [6, 6.07) is -1.40. The highest BCUT2D eigenvalue weighted by Gasteiger charge is 2.38. The van der Waals surface area contributed by atoms with Gasteiger partial charge >= 0.3 is 12.0 Å². The predicted molar refractivity (Wildman–Crippen MR) is 84.7 cm³/mol. The highest BCUT2D eigenvalue weighted by Crippen LogP contribution is 2.17. The molecular weight excluding hydrogens is 316 g/mol. The van der Waals surface area contributed by atoms with Crippen molar-refractivity contribution in [2.45, 2.75) is 50.7 Å². The van der Waals surface area contributed by atoms with E-state index in [9.17, 15) is 9.59 Å². The maximum atomic E-state index is 12.1. The van der Waals surface area contributed by atoms with Crippen LogP contribution in [-0.4, -0.2) is 51.3 Å². The Bertz CT molecular complexity index is 563. The number of nitrogens with one attached hydrogen (secondary N) is 1. The normalized spacial score (nSPS) is 18.6. The monoisotopic (exact) mass is 341 g/mol. The molecule has 7 N–H and O–H groups in total. The van der Waals surface area contributed by atoms with E-state index >= 15 is 0 Å². The van der Waals surface area contributed by atoms with Crippen molar-refractivity contribution < 1.29 is 19.2 Å². The summed E-state index contributed by atoms with van der Waals surface area (Å²) in [5, 5.41) is 13.6. The molecule has 1 aromatic rings. The summed E-state index contributed by atoms with van der Waals surface area (Å²) in [5.74, 6) is -0.0941. The molecule has 0 aromatic carbocycles. The van der Waals surface area contributed by atoms with Crippen molar-refractivity contribution in [1.29, 1.82) is 0 Å². The second kappa shape index (κ2) is 8.60. The van der Waals surface area contributed by atoms with Crippen molar-refractivity contribution in [1.82, 2.24) is 20.4 Å². The molecule has 10 heteroatoms. The van der Waals surface area contributed by atoms with Crippen molar-refractivity contribution in [3.8, 4) is 0 Å². The van der Waals surface area contributed by atoms with Gasteiger partial charge in [-0.3, -0.25) is 0 Å². The van der Waals surface area contributed by atoms with E-state index < -0.39 is 18.0 Å². The number of rotatable bonds is 8. The highest BCUT2D eigenvalue weighted by molar-refractivity contribution is 5.83. The molecule has 0 spiro atoms. The molecule has 2 heterocycles. The minimum atomic E-state index is -0.744. The molecule has 134 valence electrons. The molecule has 0 aliphatic carbocycles. The molecule has 1 aromatic heterocycles. The Hall–Kier alpha value is -2.20. The Morgan fingerprint density at radius 2 is 2.25 bits per heavy atom. The molecule has 2 amide bonds. The van der Waals surface area contributed by atoms with Gasteiger partial charge in [0.1, 0.15) is 0 Å². The zero-order valence-corrected chi connectivity index (χ0v) is 13.5. The molecule has 1 aliphatic heterocycles. The van der Waals surface area contributed by atoms with E-state index in [1.54, 1.807) is 0 Å². The molecule has 2 rings (SSSR count). The van der Waals surface area contributed by atoms with Crippen molar-refractivity contribution in [3.05, 3.63) is 11.7 Å². The zero-order chi connectivity index (χ0) is 17.5. The molecule has 2 atom stereocenters. The zero-order valence-electron chi connectivity index (χ0n) is 13.5. The van der Waals surface area contributed by atoms with Crippen LogP contribution in [-0.2, 0) is 11.3 Å². The fraction of sp³-hybridized carbons (Fsp3) is 0.714. The number of carbonyl (C=O) groups excluding carboxylic acids is 2. The summed E-state index contributed by atoms with van der Waals surface area (Å²) in [6.45, 7) is 1.13. The predicted octanol–water partition coefficient (Wildman–Crippen LogP) is -0.876. The molecule has 24 heavy (non-hydrogen) atoms. The van der Waals surface area contributed by atoms with Gasteiger partial charge in [-0.25, -0.2) is 4.79 Å². The lowest BCUT2D eigenvalue weighted by atomic mass is 10.1. The topological polar surface area (TPSA) is 163 Å². The lowest BCUT2D eigenvalue weighted by Gasteiger charge is -2.18. The molecule has 1 saturated heterocycles. The Labute approximate surface area is 139 Å². The maximum absolute atomic E-state index is 12.1. The van der Waals surface area contributed by atoms with Crippen molar-refractivity contribution in [2.75, 3.05) is 13.1 Å². The Morgan fingerprint density at radius 1 is 1.46 bits per heavy atom. The number of carbonyl (C=O) groups is 2. The van der Waals surface area contributed by atoms with E-state index in [0.29, 0.717) is 38.2 Å². The Morgan fingerprint density at radius 3 is 2.96 bits per heavy atom. The van der Waals surface area contributed by atoms with Crippen LogP contribution in [0.2, 0.25) is 0 Å². The van der Waals surface area contributed by atoms with Gasteiger partial charge < -0.3 is 31.3 Å². The minimum Gasteiger partial charge on any atom is -0.563 e. The van der Waals surface area contributed by atoms with Crippen LogP contribution in [0.15, 0.2) is 4.52 Å². The molecule has 10 nitrogen and oxygen atoms in total. The molecule has 1 aliphatic rings. The van der Waals surface area contributed by atoms with Gasteiger partial charge in [0.25, 0.3) is 0 Å². The van der Waals surface area contributed by atoms with Gasteiger partial charge in [-0.15, -0.1) is 0 Å². The number of amides is 2. The number of likely N-dealkylation sites (tertiary alicyclic amines) is 1. The first-order chi connectivity index (χ1) is 11.5. The van der Waals surface area contributed by atoms with Gasteiger partial charge in [-0.1, -0.05) is 11.6 Å². The highest BCUT2D eigenvalue weighted by atomic mass is 16.5. The fourth-order valence-electron chi connectivity index (χ4n) is 2.66. The summed E-state index contributed by atoms with van der Waals surface area (Å²) >= 11 is 0. The summed E-state index contributed by atoms with van der Waals surface area (Å²) in [4.78, 5) is 28.8. The smallest absolute Gasteiger partial charge is 0.538 e. The van der Waals surface area contributed by atoms with Gasteiger partial charge in [0, 0.05) is 11.3 Å². The Balaban J connectivity index is 1.82. The summed E-state index contributed by atoms with van der Waals surface area (Å²) in [6.07, 6.45) is 3.72. The summed E-state index contributed by atoms with van der Waals surface area (Å²) in [7, 11) is 0. The van der Waals surface area contributed by atoms with Crippen molar-refractivity contribution in [2.24, 2.45) is 11.5 Å². The molecule has 0 radical (unpaired) electrons. The number of unbranched alkanes of at least 4 members (excludes halogenated alkanes) is 1. The molecule has 0 bridgehead atoms. The first-order valence-electron chi connectivity index (χ1n) is 8.11. The van der Waals surface area contributed by atoms with E-state index in [1.165, 1.54) is 4.90 Å². The quantitative estimate of drug-likeness (QED) is 0.408. The van der Waals surface area contributed by atoms with Gasteiger partial charge in [-0.2, -0.15) is 4.98 Å². The molecule has 0 saturated carbocycles. The third-order valence-corrected chi connectivity index (χ3v) is 3.99. The van der Waals surface area contributed by atoms with Crippen molar-refractivity contribution >= 4 is 12.0 Å².